The zero-order valence-electron chi connectivity index (χ0n) is 13.4. The predicted molar refractivity (Wildman–Crippen MR) is 95.3 cm³/mol. The molecular weight excluding hydrogens is 296 g/mol. The maximum atomic E-state index is 11.8. The largest absolute Gasteiger partial charge is 0.357 e. The molecular formula is C16H26N4OS. The summed E-state index contributed by atoms with van der Waals surface area (Å²) in [5.74, 6) is 1.80. The molecule has 0 saturated heterocycles. The summed E-state index contributed by atoms with van der Waals surface area (Å²) in [6, 6.07) is 9.90. The second-order valence-electron chi connectivity index (χ2n) is 4.69. The highest BCUT2D eigenvalue weighted by atomic mass is 32.2. The van der Waals surface area contributed by atoms with Crippen molar-refractivity contribution in [3.8, 4) is 0 Å². The van der Waals surface area contributed by atoms with Gasteiger partial charge in [0.1, 0.15) is 0 Å². The molecule has 0 heterocycles. The average molecular weight is 322 g/mol. The molecule has 0 saturated carbocycles. The van der Waals surface area contributed by atoms with Crippen LogP contribution in [0.5, 0.6) is 0 Å². The number of benzene rings is 1. The second kappa shape index (κ2) is 11.9. The first-order valence-corrected chi connectivity index (χ1v) is 8.97. The Morgan fingerprint density at radius 3 is 2.64 bits per heavy atom. The van der Waals surface area contributed by atoms with Crippen molar-refractivity contribution in [3.63, 3.8) is 0 Å². The molecule has 5 nitrogen and oxygen atoms in total. The number of nitrogens with zero attached hydrogens (tertiary/aromatic N) is 1. The molecule has 0 aliphatic heterocycles. The number of thioether (sulfide) groups is 1. The van der Waals surface area contributed by atoms with Gasteiger partial charge in [0.05, 0.1) is 6.54 Å². The first-order valence-electron chi connectivity index (χ1n) is 7.58. The average Bonchev–Trinajstić information content (AvgIpc) is 2.54. The van der Waals surface area contributed by atoms with E-state index in [9.17, 15) is 4.79 Å². The second-order valence-corrected chi connectivity index (χ2v) is 5.68. The Hall–Kier alpha value is -1.69. The number of carbonyl (C=O) groups is 1. The molecule has 22 heavy (non-hydrogen) atoms. The molecule has 3 N–H and O–H groups in total. The van der Waals surface area contributed by atoms with Gasteiger partial charge < -0.3 is 16.0 Å². The quantitative estimate of drug-likeness (QED) is 0.367. The van der Waals surface area contributed by atoms with Crippen LogP contribution in [-0.4, -0.2) is 43.5 Å². The van der Waals surface area contributed by atoms with Crippen LogP contribution < -0.4 is 16.0 Å². The van der Waals surface area contributed by atoms with E-state index in [4.69, 9.17) is 0 Å². The molecule has 0 aliphatic rings. The molecule has 0 atom stereocenters. The molecule has 0 aliphatic carbocycles. The fourth-order valence-corrected chi connectivity index (χ4v) is 2.04. The Balaban J connectivity index is 2.23. The van der Waals surface area contributed by atoms with Crippen molar-refractivity contribution in [3.05, 3.63) is 35.9 Å². The van der Waals surface area contributed by atoms with Gasteiger partial charge in [-0.2, -0.15) is 11.8 Å². The minimum Gasteiger partial charge on any atom is -0.357 e. The van der Waals surface area contributed by atoms with Gasteiger partial charge >= 0.3 is 0 Å². The van der Waals surface area contributed by atoms with E-state index in [1.165, 1.54) is 0 Å². The Morgan fingerprint density at radius 2 is 1.95 bits per heavy atom. The highest BCUT2D eigenvalue weighted by Gasteiger charge is 2.02. The van der Waals surface area contributed by atoms with Crippen molar-refractivity contribution < 1.29 is 4.79 Å². The van der Waals surface area contributed by atoms with E-state index in [2.05, 4.69) is 27.2 Å². The van der Waals surface area contributed by atoms with Crippen molar-refractivity contribution in [1.29, 1.82) is 0 Å². The summed E-state index contributed by atoms with van der Waals surface area (Å²) < 4.78 is 0. The number of guanidine groups is 1. The van der Waals surface area contributed by atoms with Crippen LogP contribution in [0.15, 0.2) is 35.3 Å². The van der Waals surface area contributed by atoms with Gasteiger partial charge in [0.15, 0.2) is 5.96 Å². The fraction of sp³-hybridized carbons (Fsp3) is 0.500. The lowest BCUT2D eigenvalue weighted by Crippen LogP contribution is -2.39. The molecule has 0 unspecified atom stereocenters. The van der Waals surface area contributed by atoms with Crippen LogP contribution in [-0.2, 0) is 11.3 Å². The van der Waals surface area contributed by atoms with Gasteiger partial charge in [-0.1, -0.05) is 30.3 Å². The van der Waals surface area contributed by atoms with Gasteiger partial charge in [0.2, 0.25) is 5.91 Å². The van der Waals surface area contributed by atoms with E-state index in [1.807, 2.05) is 37.3 Å². The Labute approximate surface area is 137 Å². The molecule has 0 bridgehead atoms. The maximum Gasteiger partial charge on any atom is 0.222 e. The highest BCUT2D eigenvalue weighted by molar-refractivity contribution is 7.98. The standard InChI is InChI=1S/C16H26N4OS/c1-3-17-16(19-11-12-22-2)18-10-9-15(21)20-13-14-7-5-4-6-8-14/h4-8H,3,9-13H2,1-2H3,(H,20,21)(H2,17,18,19). The lowest BCUT2D eigenvalue weighted by molar-refractivity contribution is -0.121. The number of rotatable bonds is 9. The molecule has 0 fully saturated rings. The van der Waals surface area contributed by atoms with Gasteiger partial charge in [0.25, 0.3) is 0 Å². The summed E-state index contributed by atoms with van der Waals surface area (Å²) in [5.41, 5.74) is 1.11. The van der Waals surface area contributed by atoms with Crippen LogP contribution >= 0.6 is 11.8 Å². The van der Waals surface area contributed by atoms with Gasteiger partial charge in [-0.15, -0.1) is 0 Å². The summed E-state index contributed by atoms with van der Waals surface area (Å²) in [6.45, 7) is 4.76. The van der Waals surface area contributed by atoms with E-state index in [0.29, 0.717) is 19.5 Å². The fourth-order valence-electron chi connectivity index (χ4n) is 1.77. The third-order valence-corrected chi connectivity index (χ3v) is 3.48. The molecule has 1 aromatic rings. The van der Waals surface area contributed by atoms with Gasteiger partial charge in [-0.05, 0) is 18.7 Å². The van der Waals surface area contributed by atoms with E-state index < -0.39 is 0 Å². The van der Waals surface area contributed by atoms with Gasteiger partial charge in [-0.25, -0.2) is 0 Å². The number of aliphatic imine (C=N–C) groups is 1. The molecule has 1 rings (SSSR count). The number of hydrogen-bond donors (Lipinski definition) is 3. The van der Waals surface area contributed by atoms with Crippen LogP contribution in [0.3, 0.4) is 0 Å². The predicted octanol–water partition coefficient (Wildman–Crippen LogP) is 1.61. The number of amides is 1. The molecule has 0 aromatic heterocycles. The molecule has 6 heteroatoms. The van der Waals surface area contributed by atoms with Crippen LogP contribution in [0.25, 0.3) is 0 Å². The van der Waals surface area contributed by atoms with Gasteiger partial charge in [0, 0.05) is 31.8 Å². The summed E-state index contributed by atoms with van der Waals surface area (Å²) in [7, 11) is 0. The molecule has 122 valence electrons. The van der Waals surface area contributed by atoms with Crippen molar-refractivity contribution >= 4 is 23.6 Å². The van der Waals surface area contributed by atoms with Crippen molar-refractivity contribution in [2.45, 2.75) is 19.9 Å². The van der Waals surface area contributed by atoms with Crippen LogP contribution in [0.1, 0.15) is 18.9 Å². The minimum atomic E-state index is 0.0383. The SMILES string of the molecule is CCNC(=NCCSC)NCCC(=O)NCc1ccccc1. The number of nitrogens with one attached hydrogen (secondary N) is 3. The third-order valence-electron chi connectivity index (χ3n) is 2.89. The topological polar surface area (TPSA) is 65.5 Å². The maximum absolute atomic E-state index is 11.8. The smallest absolute Gasteiger partial charge is 0.222 e. The zero-order chi connectivity index (χ0) is 16.0. The summed E-state index contributed by atoms with van der Waals surface area (Å²) in [5, 5.41) is 9.26. The van der Waals surface area contributed by atoms with E-state index in [-0.39, 0.29) is 5.91 Å². The first-order chi connectivity index (χ1) is 10.8. The van der Waals surface area contributed by atoms with Crippen LogP contribution in [0, 0.1) is 0 Å². The Morgan fingerprint density at radius 1 is 1.18 bits per heavy atom. The van der Waals surface area contributed by atoms with E-state index >= 15 is 0 Å². The summed E-state index contributed by atoms with van der Waals surface area (Å²) in [6.07, 6.45) is 2.49. The summed E-state index contributed by atoms with van der Waals surface area (Å²) >= 11 is 1.77. The lowest BCUT2D eigenvalue weighted by atomic mass is 10.2. The number of hydrogen-bond acceptors (Lipinski definition) is 3. The van der Waals surface area contributed by atoms with Crippen LogP contribution in [0.2, 0.25) is 0 Å². The van der Waals surface area contributed by atoms with Crippen molar-refractivity contribution in [2.24, 2.45) is 4.99 Å². The normalized spacial score (nSPS) is 11.1. The highest BCUT2D eigenvalue weighted by Crippen LogP contribution is 1.97. The number of carbonyl (C=O) groups excluding carboxylic acids is 1. The zero-order valence-corrected chi connectivity index (χ0v) is 14.2. The molecule has 0 spiro atoms. The Bertz CT molecular complexity index is 451. The lowest BCUT2D eigenvalue weighted by Gasteiger charge is -2.11. The van der Waals surface area contributed by atoms with Crippen molar-refractivity contribution in [1.82, 2.24) is 16.0 Å². The van der Waals surface area contributed by atoms with Gasteiger partial charge in [-0.3, -0.25) is 9.79 Å². The molecule has 1 amide bonds. The van der Waals surface area contributed by atoms with Crippen LogP contribution in [0.4, 0.5) is 0 Å². The van der Waals surface area contributed by atoms with Crippen molar-refractivity contribution in [2.75, 3.05) is 31.6 Å². The molecule has 1 aromatic carbocycles. The third kappa shape index (κ3) is 8.56. The van der Waals surface area contributed by atoms with E-state index in [1.54, 1.807) is 11.8 Å². The Kier molecular flexibility index (Phi) is 9.94. The molecule has 0 radical (unpaired) electrons. The monoisotopic (exact) mass is 322 g/mol. The summed E-state index contributed by atoms with van der Waals surface area (Å²) in [4.78, 5) is 16.2. The minimum absolute atomic E-state index is 0.0383. The first kappa shape index (κ1) is 18.4. The van der Waals surface area contributed by atoms with E-state index in [0.717, 1.165) is 30.4 Å².